The van der Waals surface area contributed by atoms with E-state index in [1.807, 2.05) is 0 Å². The second-order valence-electron chi connectivity index (χ2n) is 3.05. The Kier molecular flexibility index (Phi) is 4.18. The Morgan fingerprint density at radius 2 is 2.29 bits per heavy atom. The summed E-state index contributed by atoms with van der Waals surface area (Å²) in [6, 6.07) is -0.269. The van der Waals surface area contributed by atoms with E-state index in [9.17, 15) is 9.59 Å². The number of alkyl carbamates (subject to hydrolysis) is 1. The molecule has 3 N–H and O–H groups in total. The Balaban J connectivity index is 0.000000146. The number of nitrogens with one attached hydrogen (secondary N) is 2. The summed E-state index contributed by atoms with van der Waals surface area (Å²) in [5.74, 6) is -0.720. The van der Waals surface area contributed by atoms with Gasteiger partial charge in [0, 0.05) is 0 Å². The van der Waals surface area contributed by atoms with E-state index in [1.165, 1.54) is 0 Å². The van der Waals surface area contributed by atoms with E-state index in [4.69, 9.17) is 5.11 Å². The van der Waals surface area contributed by atoms with Crippen LogP contribution in [0, 0.1) is 0 Å². The van der Waals surface area contributed by atoms with Crippen molar-refractivity contribution >= 4 is 12.1 Å². The molecular formula is C8H14N2O4. The number of carboxylic acid groups (broad SMARTS) is 1. The zero-order chi connectivity index (χ0) is 10.4. The summed E-state index contributed by atoms with van der Waals surface area (Å²) in [6.45, 7) is 2.05. The lowest BCUT2D eigenvalue weighted by Crippen LogP contribution is -2.29. The SMILES string of the molecule is O=C(O)[C@@H]1CCCN1.O=C1NCCO1. The van der Waals surface area contributed by atoms with Crippen LogP contribution in [0.4, 0.5) is 4.79 Å². The second-order valence-corrected chi connectivity index (χ2v) is 3.05. The van der Waals surface area contributed by atoms with E-state index in [0.717, 1.165) is 19.4 Å². The fourth-order valence-electron chi connectivity index (χ4n) is 1.24. The van der Waals surface area contributed by atoms with Gasteiger partial charge in [0.05, 0.1) is 6.54 Å². The standard InChI is InChI=1S/C5H9NO2.C3H5NO2/c7-5(8)4-2-1-3-6-4;5-3-4-1-2-6-3/h4,6H,1-3H2,(H,7,8);1-2H2,(H,4,5)/t4-;/m0./s1. The lowest BCUT2D eigenvalue weighted by molar-refractivity contribution is -0.139. The normalized spacial score (nSPS) is 24.6. The van der Waals surface area contributed by atoms with Gasteiger partial charge in [0.15, 0.2) is 0 Å². The van der Waals surface area contributed by atoms with Crippen LogP contribution in [0.1, 0.15) is 12.8 Å². The molecule has 0 bridgehead atoms. The number of amides is 1. The molecule has 0 spiro atoms. The highest BCUT2D eigenvalue weighted by atomic mass is 16.6. The molecule has 2 saturated heterocycles. The Bertz CT molecular complexity index is 205. The molecule has 0 saturated carbocycles. The van der Waals surface area contributed by atoms with Gasteiger partial charge in [0.2, 0.25) is 0 Å². The maximum Gasteiger partial charge on any atom is 0.407 e. The monoisotopic (exact) mass is 202 g/mol. The molecule has 14 heavy (non-hydrogen) atoms. The Labute approximate surface area is 81.6 Å². The van der Waals surface area contributed by atoms with E-state index < -0.39 is 5.97 Å². The molecule has 0 radical (unpaired) electrons. The van der Waals surface area contributed by atoms with Crippen molar-refractivity contribution in [1.29, 1.82) is 0 Å². The number of aliphatic carboxylic acids is 1. The molecule has 0 aromatic heterocycles. The van der Waals surface area contributed by atoms with Crippen LogP contribution in [0.5, 0.6) is 0 Å². The van der Waals surface area contributed by atoms with Gasteiger partial charge in [-0.3, -0.25) is 4.79 Å². The molecule has 2 aliphatic rings. The third kappa shape index (κ3) is 3.61. The molecule has 80 valence electrons. The molecule has 0 unspecified atom stereocenters. The van der Waals surface area contributed by atoms with Crippen molar-refractivity contribution in [2.75, 3.05) is 19.7 Å². The van der Waals surface area contributed by atoms with E-state index in [1.54, 1.807) is 0 Å². The highest BCUT2D eigenvalue weighted by Gasteiger charge is 2.20. The minimum absolute atomic E-state index is 0.269. The molecular weight excluding hydrogens is 188 g/mol. The van der Waals surface area contributed by atoms with Crippen molar-refractivity contribution in [3.05, 3.63) is 0 Å². The summed E-state index contributed by atoms with van der Waals surface area (Å²) >= 11 is 0. The van der Waals surface area contributed by atoms with E-state index in [0.29, 0.717) is 13.2 Å². The molecule has 0 aliphatic carbocycles. The predicted octanol–water partition coefficient (Wildman–Crippen LogP) is -0.451. The number of carbonyl (C=O) groups is 2. The van der Waals surface area contributed by atoms with Gasteiger partial charge in [-0.05, 0) is 19.4 Å². The second kappa shape index (κ2) is 5.43. The quantitative estimate of drug-likeness (QED) is 0.536. The zero-order valence-electron chi connectivity index (χ0n) is 7.78. The summed E-state index contributed by atoms with van der Waals surface area (Å²) in [7, 11) is 0. The molecule has 6 nitrogen and oxygen atoms in total. The third-order valence-corrected chi connectivity index (χ3v) is 1.96. The first kappa shape index (κ1) is 10.8. The summed E-state index contributed by atoms with van der Waals surface area (Å²) < 4.78 is 4.40. The highest BCUT2D eigenvalue weighted by molar-refractivity contribution is 5.73. The number of hydrogen-bond acceptors (Lipinski definition) is 4. The summed E-state index contributed by atoms with van der Waals surface area (Å²) in [5.41, 5.74) is 0. The Hall–Kier alpha value is -1.30. The first-order chi connectivity index (χ1) is 6.70. The van der Waals surface area contributed by atoms with Crippen LogP contribution < -0.4 is 10.6 Å². The van der Waals surface area contributed by atoms with Crippen molar-refractivity contribution in [3.63, 3.8) is 0 Å². The van der Waals surface area contributed by atoms with Gasteiger partial charge in [-0.15, -0.1) is 0 Å². The van der Waals surface area contributed by atoms with Gasteiger partial charge < -0.3 is 20.5 Å². The van der Waals surface area contributed by atoms with Gasteiger partial charge >= 0.3 is 12.1 Å². The van der Waals surface area contributed by atoms with E-state index in [2.05, 4.69) is 15.4 Å². The molecule has 1 amide bonds. The third-order valence-electron chi connectivity index (χ3n) is 1.96. The van der Waals surface area contributed by atoms with E-state index >= 15 is 0 Å². The number of ether oxygens (including phenoxy) is 1. The number of carbonyl (C=O) groups excluding carboxylic acids is 1. The number of cyclic esters (lactones) is 1. The molecule has 2 aliphatic heterocycles. The fourth-order valence-corrected chi connectivity index (χ4v) is 1.24. The van der Waals surface area contributed by atoms with Gasteiger partial charge in [-0.25, -0.2) is 4.79 Å². The molecule has 0 aromatic rings. The van der Waals surface area contributed by atoms with Crippen LogP contribution in [0.3, 0.4) is 0 Å². The predicted molar refractivity (Wildman–Crippen MR) is 48.0 cm³/mol. The number of carboxylic acids is 1. The van der Waals surface area contributed by atoms with Crippen molar-refractivity contribution < 1.29 is 19.4 Å². The molecule has 2 rings (SSSR count). The van der Waals surface area contributed by atoms with Gasteiger partial charge in [0.1, 0.15) is 12.6 Å². The van der Waals surface area contributed by atoms with Crippen molar-refractivity contribution in [2.24, 2.45) is 0 Å². The highest BCUT2D eigenvalue weighted by Crippen LogP contribution is 2.03. The largest absolute Gasteiger partial charge is 0.480 e. The number of rotatable bonds is 1. The first-order valence-corrected chi connectivity index (χ1v) is 4.57. The Morgan fingerprint density at radius 1 is 1.50 bits per heavy atom. The van der Waals surface area contributed by atoms with Gasteiger partial charge in [-0.1, -0.05) is 0 Å². The fraction of sp³-hybridized carbons (Fsp3) is 0.750. The van der Waals surface area contributed by atoms with Crippen LogP contribution in [0.25, 0.3) is 0 Å². The lowest BCUT2D eigenvalue weighted by atomic mass is 10.2. The minimum atomic E-state index is -0.720. The van der Waals surface area contributed by atoms with Crippen LogP contribution in [-0.4, -0.2) is 42.9 Å². The minimum Gasteiger partial charge on any atom is -0.480 e. The van der Waals surface area contributed by atoms with E-state index in [-0.39, 0.29) is 12.1 Å². The van der Waals surface area contributed by atoms with Crippen molar-refractivity contribution in [2.45, 2.75) is 18.9 Å². The van der Waals surface area contributed by atoms with Crippen molar-refractivity contribution in [1.82, 2.24) is 10.6 Å². The lowest BCUT2D eigenvalue weighted by Gasteiger charge is -1.99. The van der Waals surface area contributed by atoms with Crippen LogP contribution in [0.15, 0.2) is 0 Å². The maximum absolute atomic E-state index is 10.1. The average molecular weight is 202 g/mol. The summed E-state index contributed by atoms with van der Waals surface area (Å²) in [4.78, 5) is 20.0. The van der Waals surface area contributed by atoms with Crippen LogP contribution >= 0.6 is 0 Å². The first-order valence-electron chi connectivity index (χ1n) is 4.57. The number of hydrogen-bond donors (Lipinski definition) is 3. The molecule has 1 atom stereocenters. The maximum atomic E-state index is 10.1. The smallest absolute Gasteiger partial charge is 0.407 e. The van der Waals surface area contributed by atoms with Crippen LogP contribution in [0.2, 0.25) is 0 Å². The molecule has 2 fully saturated rings. The Morgan fingerprint density at radius 3 is 2.50 bits per heavy atom. The summed E-state index contributed by atoms with van der Waals surface area (Å²) in [6.07, 6.45) is 1.49. The van der Waals surface area contributed by atoms with Gasteiger partial charge in [0.25, 0.3) is 0 Å². The average Bonchev–Trinajstić information content (AvgIpc) is 2.75. The molecule has 2 heterocycles. The zero-order valence-corrected chi connectivity index (χ0v) is 7.78. The molecule has 6 heteroatoms. The molecule has 0 aromatic carbocycles. The topological polar surface area (TPSA) is 87.7 Å². The van der Waals surface area contributed by atoms with Crippen molar-refractivity contribution in [3.8, 4) is 0 Å². The van der Waals surface area contributed by atoms with Gasteiger partial charge in [-0.2, -0.15) is 0 Å². The van der Waals surface area contributed by atoms with Crippen LogP contribution in [-0.2, 0) is 9.53 Å². The summed E-state index contributed by atoms with van der Waals surface area (Å²) in [5, 5.41) is 13.7.